The van der Waals surface area contributed by atoms with Crippen molar-refractivity contribution in [1.82, 2.24) is 9.13 Å². The van der Waals surface area contributed by atoms with E-state index in [0.717, 1.165) is 11.1 Å². The number of rotatable bonds is 6. The molecular formula is C33H20N6O. The molecule has 0 aliphatic heterocycles. The maximum atomic E-state index is 13.5. The Hall–Kier alpha value is -6.15. The molecule has 0 saturated heterocycles. The Morgan fingerprint density at radius 1 is 0.500 bits per heavy atom. The van der Waals surface area contributed by atoms with Crippen molar-refractivity contribution in [1.29, 1.82) is 21.0 Å². The number of aromatic nitrogens is 2. The van der Waals surface area contributed by atoms with Crippen LogP contribution < -0.4 is 5.69 Å². The Labute approximate surface area is 230 Å². The molecule has 7 heteroatoms. The van der Waals surface area contributed by atoms with Crippen molar-refractivity contribution in [3.8, 4) is 35.7 Å². The maximum Gasteiger partial charge on any atom is 0.337 e. The van der Waals surface area contributed by atoms with E-state index in [1.165, 1.54) is 9.13 Å². The van der Waals surface area contributed by atoms with E-state index in [0.29, 0.717) is 57.6 Å². The minimum absolute atomic E-state index is 0.318. The van der Waals surface area contributed by atoms with Gasteiger partial charge in [-0.3, -0.25) is 9.13 Å². The quantitative estimate of drug-likeness (QED) is 0.303. The van der Waals surface area contributed by atoms with Gasteiger partial charge in [-0.15, -0.1) is 0 Å². The third-order valence-corrected chi connectivity index (χ3v) is 6.79. The van der Waals surface area contributed by atoms with Crippen molar-refractivity contribution in [3.63, 3.8) is 0 Å². The fourth-order valence-corrected chi connectivity index (χ4v) is 4.72. The van der Waals surface area contributed by atoms with Crippen molar-refractivity contribution < 1.29 is 0 Å². The van der Waals surface area contributed by atoms with Crippen LogP contribution in [-0.4, -0.2) is 9.13 Å². The van der Waals surface area contributed by atoms with Crippen molar-refractivity contribution >= 4 is 0 Å². The van der Waals surface area contributed by atoms with E-state index in [1.54, 1.807) is 73.1 Å². The van der Waals surface area contributed by atoms with Crippen LogP contribution in [0, 0.1) is 45.3 Å². The molecule has 1 aromatic heterocycles. The van der Waals surface area contributed by atoms with Crippen LogP contribution in [0.3, 0.4) is 0 Å². The zero-order valence-corrected chi connectivity index (χ0v) is 21.2. The molecule has 0 bridgehead atoms. The number of nitriles is 4. The lowest BCUT2D eigenvalue weighted by Gasteiger charge is -2.10. The van der Waals surface area contributed by atoms with Crippen LogP contribution >= 0.6 is 0 Å². The zero-order valence-electron chi connectivity index (χ0n) is 21.2. The lowest BCUT2D eigenvalue weighted by molar-refractivity contribution is 0.904. The van der Waals surface area contributed by atoms with E-state index in [-0.39, 0.29) is 5.69 Å². The highest BCUT2D eigenvalue weighted by Crippen LogP contribution is 2.22. The van der Waals surface area contributed by atoms with Crippen LogP contribution in [0.2, 0.25) is 0 Å². The summed E-state index contributed by atoms with van der Waals surface area (Å²) in [4.78, 5) is 13.5. The number of nitrogens with zero attached hydrogens (tertiary/aromatic N) is 6. The third kappa shape index (κ3) is 4.88. The Morgan fingerprint density at radius 2 is 0.875 bits per heavy atom. The van der Waals surface area contributed by atoms with Crippen LogP contribution in [0.5, 0.6) is 0 Å². The van der Waals surface area contributed by atoms with E-state index in [1.807, 2.05) is 24.3 Å². The van der Waals surface area contributed by atoms with E-state index >= 15 is 0 Å². The molecular weight excluding hydrogens is 496 g/mol. The number of imidazole rings is 1. The molecule has 40 heavy (non-hydrogen) atoms. The number of hydrogen-bond acceptors (Lipinski definition) is 5. The third-order valence-electron chi connectivity index (χ3n) is 6.79. The molecule has 188 valence electrons. The first kappa shape index (κ1) is 25.5. The van der Waals surface area contributed by atoms with Gasteiger partial charge in [0.2, 0.25) is 0 Å². The minimum atomic E-state index is -0.318. The van der Waals surface area contributed by atoms with Gasteiger partial charge in [0.15, 0.2) is 0 Å². The van der Waals surface area contributed by atoms with Gasteiger partial charge in [0.25, 0.3) is 0 Å². The summed E-state index contributed by atoms with van der Waals surface area (Å²) in [5, 5.41) is 38.3. The van der Waals surface area contributed by atoms with Gasteiger partial charge in [0.1, 0.15) is 0 Å². The average molecular weight is 517 g/mol. The molecule has 0 unspecified atom stereocenters. The van der Waals surface area contributed by atoms with Crippen molar-refractivity contribution in [2.24, 2.45) is 0 Å². The Morgan fingerprint density at radius 3 is 1.27 bits per heavy atom. The Balaban J connectivity index is 1.52. The van der Waals surface area contributed by atoms with Gasteiger partial charge in [0.05, 0.1) is 57.9 Å². The summed E-state index contributed by atoms with van der Waals surface area (Å²) >= 11 is 0. The predicted molar refractivity (Wildman–Crippen MR) is 149 cm³/mol. The van der Waals surface area contributed by atoms with Crippen LogP contribution in [-0.2, 0) is 12.8 Å². The Bertz CT molecular complexity index is 1840. The molecule has 0 aliphatic carbocycles. The first-order valence-electron chi connectivity index (χ1n) is 12.4. The van der Waals surface area contributed by atoms with E-state index < -0.39 is 0 Å². The molecule has 0 N–H and O–H groups in total. The molecule has 5 rings (SSSR count). The normalized spacial score (nSPS) is 10.2. The smallest absolute Gasteiger partial charge is 0.268 e. The SMILES string of the molecule is N#Cc1ccccc1Cc1cc(-n2ccn(-c3ccc(C#N)c(Cc4ccccc4C#N)c3)c2=O)ccc1C#N. The summed E-state index contributed by atoms with van der Waals surface area (Å²) in [5.41, 5.74) is 5.88. The molecule has 0 atom stereocenters. The molecule has 4 aromatic carbocycles. The number of hydrogen-bond donors (Lipinski definition) is 0. The summed E-state index contributed by atoms with van der Waals surface area (Å²) in [5.74, 6) is 0. The molecule has 0 aliphatic rings. The summed E-state index contributed by atoms with van der Waals surface area (Å²) in [6, 6.07) is 33.6. The minimum Gasteiger partial charge on any atom is -0.268 e. The molecule has 0 saturated carbocycles. The van der Waals surface area contributed by atoms with Gasteiger partial charge in [-0.05, 0) is 70.8 Å². The molecule has 1 heterocycles. The van der Waals surface area contributed by atoms with Crippen LogP contribution in [0.4, 0.5) is 0 Å². The molecule has 0 radical (unpaired) electrons. The lowest BCUT2D eigenvalue weighted by atomic mass is 9.96. The second kappa shape index (κ2) is 11.1. The fraction of sp³-hybridized carbons (Fsp3) is 0.0606. The second-order valence-corrected chi connectivity index (χ2v) is 9.12. The fourth-order valence-electron chi connectivity index (χ4n) is 4.72. The first-order chi connectivity index (χ1) is 19.6. The van der Waals surface area contributed by atoms with Crippen LogP contribution in [0.25, 0.3) is 11.4 Å². The highest BCUT2D eigenvalue weighted by molar-refractivity contribution is 5.52. The zero-order chi connectivity index (χ0) is 28.1. The lowest BCUT2D eigenvalue weighted by Crippen LogP contribution is -2.22. The molecule has 5 aromatic rings. The van der Waals surface area contributed by atoms with Crippen LogP contribution in [0.15, 0.2) is 102 Å². The maximum absolute atomic E-state index is 13.5. The Kier molecular flexibility index (Phi) is 7.06. The highest BCUT2D eigenvalue weighted by Gasteiger charge is 2.14. The topological polar surface area (TPSA) is 122 Å². The standard InChI is InChI=1S/C33H20N6O/c34-19-25-7-3-1-5-23(25)15-29-17-31(11-9-27(29)21-36)38-13-14-39(33(38)40)32-12-10-28(22-37)30(18-32)16-24-6-2-4-8-26(24)20-35/h1-14,17-18H,15-16H2. The summed E-state index contributed by atoms with van der Waals surface area (Å²) in [6.45, 7) is 0. The first-order valence-corrected chi connectivity index (χ1v) is 12.4. The molecule has 0 amide bonds. The van der Waals surface area contributed by atoms with Gasteiger partial charge in [0, 0.05) is 25.2 Å². The van der Waals surface area contributed by atoms with Crippen molar-refractivity contribution in [2.45, 2.75) is 12.8 Å². The monoisotopic (exact) mass is 516 g/mol. The predicted octanol–water partition coefficient (Wildman–Crippen LogP) is 5.30. The van der Waals surface area contributed by atoms with Crippen molar-refractivity contribution in [2.75, 3.05) is 0 Å². The van der Waals surface area contributed by atoms with Crippen molar-refractivity contribution in [3.05, 3.63) is 152 Å². The van der Waals surface area contributed by atoms with Gasteiger partial charge in [-0.1, -0.05) is 36.4 Å². The second-order valence-electron chi connectivity index (χ2n) is 9.12. The molecule has 0 fully saturated rings. The summed E-state index contributed by atoms with van der Waals surface area (Å²) in [7, 11) is 0. The molecule has 0 spiro atoms. The summed E-state index contributed by atoms with van der Waals surface area (Å²) in [6.07, 6.45) is 4.05. The van der Waals surface area contributed by atoms with E-state index in [9.17, 15) is 25.8 Å². The van der Waals surface area contributed by atoms with Gasteiger partial charge < -0.3 is 0 Å². The molecule has 7 nitrogen and oxygen atoms in total. The van der Waals surface area contributed by atoms with Gasteiger partial charge in [-0.25, -0.2) is 4.79 Å². The summed E-state index contributed by atoms with van der Waals surface area (Å²) < 4.78 is 2.98. The average Bonchev–Trinajstić information content (AvgIpc) is 3.38. The van der Waals surface area contributed by atoms with Gasteiger partial charge >= 0.3 is 5.69 Å². The van der Waals surface area contributed by atoms with E-state index in [4.69, 9.17) is 0 Å². The highest BCUT2D eigenvalue weighted by atomic mass is 16.1. The van der Waals surface area contributed by atoms with E-state index in [2.05, 4.69) is 24.3 Å². The number of benzene rings is 4. The van der Waals surface area contributed by atoms with Crippen LogP contribution in [0.1, 0.15) is 44.5 Å². The largest absolute Gasteiger partial charge is 0.337 e. The van der Waals surface area contributed by atoms with Gasteiger partial charge in [-0.2, -0.15) is 21.0 Å².